The highest BCUT2D eigenvalue weighted by Gasteiger charge is 2.08. The number of thiocarbonyl (C=S) groups is 1. The number of amides is 1. The van der Waals surface area contributed by atoms with E-state index < -0.39 is 0 Å². The lowest BCUT2D eigenvalue weighted by Crippen LogP contribution is -2.47. The van der Waals surface area contributed by atoms with Crippen molar-refractivity contribution in [1.29, 1.82) is 0 Å². The molecule has 2 aromatic carbocycles. The Morgan fingerprint density at radius 3 is 2.31 bits per heavy atom. The van der Waals surface area contributed by atoms with E-state index in [4.69, 9.17) is 21.7 Å². The molecule has 2 aromatic rings. The maximum absolute atomic E-state index is 12.8. The second-order valence-electron chi connectivity index (χ2n) is 5.35. The zero-order valence-electron chi connectivity index (χ0n) is 14.5. The number of benzene rings is 2. The van der Waals surface area contributed by atoms with E-state index in [1.54, 1.807) is 37.4 Å². The smallest absolute Gasteiger partial charge is 0.242 e. The molecule has 0 aliphatic heterocycles. The van der Waals surface area contributed by atoms with Crippen LogP contribution in [-0.4, -0.2) is 25.2 Å². The maximum atomic E-state index is 12.8. The van der Waals surface area contributed by atoms with E-state index in [0.717, 1.165) is 11.1 Å². The number of hydrogen-bond acceptors (Lipinski definition) is 4. The van der Waals surface area contributed by atoms with Crippen LogP contribution < -0.4 is 25.6 Å². The van der Waals surface area contributed by atoms with Gasteiger partial charge in [-0.25, -0.2) is 4.39 Å². The molecule has 0 saturated heterocycles. The summed E-state index contributed by atoms with van der Waals surface area (Å²) < 4.78 is 23.2. The molecule has 0 unspecified atom stereocenters. The van der Waals surface area contributed by atoms with Crippen LogP contribution in [0.3, 0.4) is 0 Å². The zero-order chi connectivity index (χ0) is 18.9. The molecule has 0 saturated carbocycles. The van der Waals surface area contributed by atoms with E-state index >= 15 is 0 Å². The van der Waals surface area contributed by atoms with E-state index in [0.29, 0.717) is 18.0 Å². The predicted octanol–water partition coefficient (Wildman–Crippen LogP) is 2.08. The summed E-state index contributed by atoms with van der Waals surface area (Å²) in [6.07, 6.45) is 0.147. The average Bonchev–Trinajstić information content (AvgIpc) is 2.65. The number of hydrogen-bond donors (Lipinski definition) is 3. The van der Waals surface area contributed by atoms with Crippen LogP contribution in [0.15, 0.2) is 42.5 Å². The molecule has 2 rings (SSSR count). The van der Waals surface area contributed by atoms with Gasteiger partial charge in [-0.3, -0.25) is 15.6 Å². The number of carbonyl (C=O) groups is 1. The first kappa shape index (κ1) is 19.5. The van der Waals surface area contributed by atoms with Crippen molar-refractivity contribution in [3.63, 3.8) is 0 Å². The van der Waals surface area contributed by atoms with Gasteiger partial charge in [0, 0.05) is 6.54 Å². The third-order valence-electron chi connectivity index (χ3n) is 3.49. The Balaban J connectivity index is 1.77. The molecule has 0 radical (unpaired) electrons. The van der Waals surface area contributed by atoms with Crippen LogP contribution in [0.1, 0.15) is 11.1 Å². The first-order valence-electron chi connectivity index (χ1n) is 7.80. The van der Waals surface area contributed by atoms with E-state index in [2.05, 4.69) is 16.2 Å². The summed E-state index contributed by atoms with van der Waals surface area (Å²) in [6, 6.07) is 11.3. The summed E-state index contributed by atoms with van der Waals surface area (Å²) in [5, 5.41) is 3.18. The number of carbonyl (C=O) groups excluding carboxylic acids is 1. The number of ether oxygens (including phenoxy) is 2. The van der Waals surface area contributed by atoms with Gasteiger partial charge in [-0.1, -0.05) is 18.2 Å². The lowest BCUT2D eigenvalue weighted by molar-refractivity contribution is -0.121. The molecule has 3 N–H and O–H groups in total. The number of methoxy groups -OCH3 is 2. The number of halogens is 1. The fourth-order valence-electron chi connectivity index (χ4n) is 2.18. The van der Waals surface area contributed by atoms with Crippen molar-refractivity contribution < 1.29 is 18.7 Å². The molecular formula is C18H20FN3O3S. The molecule has 0 bridgehead atoms. The minimum Gasteiger partial charge on any atom is -0.493 e. The van der Waals surface area contributed by atoms with Crippen molar-refractivity contribution in [2.75, 3.05) is 14.2 Å². The van der Waals surface area contributed by atoms with Crippen LogP contribution in [0.5, 0.6) is 11.5 Å². The van der Waals surface area contributed by atoms with Crippen LogP contribution in [0.4, 0.5) is 4.39 Å². The summed E-state index contributed by atoms with van der Waals surface area (Å²) in [5.41, 5.74) is 6.78. The lowest BCUT2D eigenvalue weighted by Gasteiger charge is -2.12. The first-order valence-corrected chi connectivity index (χ1v) is 8.20. The van der Waals surface area contributed by atoms with Crippen molar-refractivity contribution in [1.82, 2.24) is 16.2 Å². The Morgan fingerprint density at radius 1 is 1.00 bits per heavy atom. The van der Waals surface area contributed by atoms with E-state index in [1.807, 2.05) is 0 Å². The molecule has 26 heavy (non-hydrogen) atoms. The van der Waals surface area contributed by atoms with Gasteiger partial charge in [-0.15, -0.1) is 0 Å². The normalized spacial score (nSPS) is 9.96. The molecular weight excluding hydrogens is 357 g/mol. The third kappa shape index (κ3) is 5.89. The number of hydrazine groups is 1. The molecule has 0 aliphatic carbocycles. The highest BCUT2D eigenvalue weighted by molar-refractivity contribution is 7.80. The van der Waals surface area contributed by atoms with Crippen LogP contribution in [0, 0.1) is 5.82 Å². The quantitative estimate of drug-likeness (QED) is 0.529. The molecule has 6 nitrogen and oxygen atoms in total. The van der Waals surface area contributed by atoms with Crippen molar-refractivity contribution in [2.45, 2.75) is 13.0 Å². The molecule has 0 aliphatic rings. The standard InChI is InChI=1S/C18H20FN3O3S/c1-24-15-8-5-13(9-16(15)25-2)10-17(23)21-22-18(26)20-11-12-3-6-14(19)7-4-12/h3-9H,10-11H2,1-2H3,(H,21,23)(H2,20,22,26). The average molecular weight is 377 g/mol. The Bertz CT molecular complexity index is 769. The molecule has 138 valence electrons. The highest BCUT2D eigenvalue weighted by atomic mass is 32.1. The Hall–Kier alpha value is -2.87. The summed E-state index contributed by atoms with van der Waals surface area (Å²) in [5.74, 6) is 0.600. The molecule has 0 aromatic heterocycles. The second kappa shape index (κ2) is 9.57. The van der Waals surface area contributed by atoms with Crippen LogP contribution in [0.2, 0.25) is 0 Å². The van der Waals surface area contributed by atoms with Crippen molar-refractivity contribution >= 4 is 23.2 Å². The minimum absolute atomic E-state index is 0.147. The topological polar surface area (TPSA) is 71.6 Å². The lowest BCUT2D eigenvalue weighted by atomic mass is 10.1. The summed E-state index contributed by atoms with van der Waals surface area (Å²) >= 11 is 5.09. The molecule has 8 heteroatoms. The molecule has 0 heterocycles. The molecule has 1 amide bonds. The molecule has 0 atom stereocenters. The van der Waals surface area contributed by atoms with Gasteiger partial charge in [0.25, 0.3) is 0 Å². The van der Waals surface area contributed by atoms with Crippen molar-refractivity contribution in [3.05, 3.63) is 59.4 Å². The predicted molar refractivity (Wildman–Crippen MR) is 100 cm³/mol. The van der Waals surface area contributed by atoms with Gasteiger partial charge in [-0.05, 0) is 47.6 Å². The summed E-state index contributed by atoms with van der Waals surface area (Å²) in [4.78, 5) is 12.0. The zero-order valence-corrected chi connectivity index (χ0v) is 15.3. The van der Waals surface area contributed by atoms with Crippen LogP contribution in [-0.2, 0) is 17.8 Å². The minimum atomic E-state index is -0.295. The van der Waals surface area contributed by atoms with Gasteiger partial charge < -0.3 is 14.8 Å². The van der Waals surface area contributed by atoms with Crippen LogP contribution in [0.25, 0.3) is 0 Å². The highest BCUT2D eigenvalue weighted by Crippen LogP contribution is 2.27. The largest absolute Gasteiger partial charge is 0.493 e. The fraction of sp³-hybridized carbons (Fsp3) is 0.222. The van der Waals surface area contributed by atoms with Gasteiger partial charge in [0.1, 0.15) is 5.82 Å². The van der Waals surface area contributed by atoms with Gasteiger partial charge in [-0.2, -0.15) is 0 Å². The van der Waals surface area contributed by atoms with E-state index in [-0.39, 0.29) is 23.3 Å². The second-order valence-corrected chi connectivity index (χ2v) is 5.76. The number of rotatable bonds is 6. The van der Waals surface area contributed by atoms with Crippen molar-refractivity contribution in [3.8, 4) is 11.5 Å². The SMILES string of the molecule is COc1ccc(CC(=O)NNC(=S)NCc2ccc(F)cc2)cc1OC. The monoisotopic (exact) mass is 377 g/mol. The van der Waals surface area contributed by atoms with E-state index in [9.17, 15) is 9.18 Å². The summed E-state index contributed by atoms with van der Waals surface area (Å²) in [7, 11) is 3.09. The Labute approximate surface area is 156 Å². The Kier molecular flexibility index (Phi) is 7.16. The van der Waals surface area contributed by atoms with Crippen molar-refractivity contribution in [2.24, 2.45) is 0 Å². The van der Waals surface area contributed by atoms with Crippen LogP contribution >= 0.6 is 12.2 Å². The maximum Gasteiger partial charge on any atom is 0.242 e. The summed E-state index contributed by atoms with van der Waals surface area (Å²) in [6.45, 7) is 0.414. The van der Waals surface area contributed by atoms with Gasteiger partial charge in [0.15, 0.2) is 16.6 Å². The first-order chi connectivity index (χ1) is 12.5. The van der Waals surface area contributed by atoms with Gasteiger partial charge in [0.2, 0.25) is 5.91 Å². The Morgan fingerprint density at radius 2 is 1.65 bits per heavy atom. The van der Waals surface area contributed by atoms with E-state index in [1.165, 1.54) is 19.2 Å². The number of nitrogens with one attached hydrogen (secondary N) is 3. The molecule has 0 spiro atoms. The fourth-order valence-corrected chi connectivity index (χ4v) is 2.30. The molecule has 0 fully saturated rings. The third-order valence-corrected chi connectivity index (χ3v) is 3.74. The van der Waals surface area contributed by atoms with Gasteiger partial charge >= 0.3 is 0 Å². The van der Waals surface area contributed by atoms with Gasteiger partial charge in [0.05, 0.1) is 20.6 Å².